The van der Waals surface area contributed by atoms with Gasteiger partial charge in [-0.1, -0.05) is 12.1 Å². The van der Waals surface area contributed by atoms with Gasteiger partial charge < -0.3 is 14.6 Å². The lowest BCUT2D eigenvalue weighted by atomic mass is 10.2. The van der Waals surface area contributed by atoms with Gasteiger partial charge in [0, 0.05) is 0 Å². The van der Waals surface area contributed by atoms with Crippen molar-refractivity contribution in [1.29, 1.82) is 0 Å². The Hall–Kier alpha value is -2.37. The van der Waals surface area contributed by atoms with E-state index in [-0.39, 0.29) is 18.1 Å². The van der Waals surface area contributed by atoms with Gasteiger partial charge in [0.15, 0.2) is 11.5 Å². The van der Waals surface area contributed by atoms with Crippen molar-refractivity contribution in [3.05, 3.63) is 53.6 Å². The largest absolute Gasteiger partial charge is 0.504 e. The Balaban J connectivity index is 2.08. The molecule has 2 rings (SSSR count). The molecular weight excluding hydrogens is 285 g/mol. The van der Waals surface area contributed by atoms with Gasteiger partial charge in [-0.05, 0) is 35.9 Å². The molecule has 112 valence electrons. The van der Waals surface area contributed by atoms with Crippen LogP contribution in [0.15, 0.2) is 42.5 Å². The number of halogens is 3. The monoisotopic (exact) mass is 298 g/mol. The lowest BCUT2D eigenvalue weighted by Crippen LogP contribution is -2.05. The van der Waals surface area contributed by atoms with E-state index in [0.717, 1.165) is 12.1 Å². The molecule has 0 amide bonds. The summed E-state index contributed by atoms with van der Waals surface area (Å²) in [5, 5.41) is 9.61. The van der Waals surface area contributed by atoms with Crippen LogP contribution in [0.2, 0.25) is 0 Å². The first kappa shape index (κ1) is 15.0. The number of rotatable bonds is 4. The smallest absolute Gasteiger partial charge is 0.416 e. The van der Waals surface area contributed by atoms with E-state index in [9.17, 15) is 18.3 Å². The first-order valence-corrected chi connectivity index (χ1v) is 6.06. The number of ether oxygens (including phenoxy) is 2. The van der Waals surface area contributed by atoms with E-state index >= 15 is 0 Å². The number of hydrogen-bond donors (Lipinski definition) is 1. The maximum absolute atomic E-state index is 12.6. The summed E-state index contributed by atoms with van der Waals surface area (Å²) in [6.07, 6.45) is -4.41. The summed E-state index contributed by atoms with van der Waals surface area (Å²) in [5.41, 5.74) is -0.150. The zero-order valence-corrected chi connectivity index (χ0v) is 11.1. The Morgan fingerprint density at radius 2 is 1.86 bits per heavy atom. The number of aromatic hydroxyl groups is 1. The van der Waals surface area contributed by atoms with Gasteiger partial charge in [0.1, 0.15) is 12.4 Å². The molecule has 1 N–H and O–H groups in total. The van der Waals surface area contributed by atoms with E-state index in [2.05, 4.69) is 0 Å². The van der Waals surface area contributed by atoms with Gasteiger partial charge in [-0.15, -0.1) is 0 Å². The van der Waals surface area contributed by atoms with Crippen LogP contribution in [0.25, 0.3) is 0 Å². The number of phenols is 1. The maximum atomic E-state index is 12.6. The van der Waals surface area contributed by atoms with Gasteiger partial charge in [0.25, 0.3) is 0 Å². The van der Waals surface area contributed by atoms with Crippen molar-refractivity contribution in [3.8, 4) is 17.2 Å². The van der Waals surface area contributed by atoms with E-state index in [1.165, 1.54) is 25.3 Å². The van der Waals surface area contributed by atoms with Crippen LogP contribution >= 0.6 is 0 Å². The van der Waals surface area contributed by atoms with Crippen molar-refractivity contribution in [1.82, 2.24) is 0 Å². The van der Waals surface area contributed by atoms with Crippen molar-refractivity contribution in [3.63, 3.8) is 0 Å². The molecule has 6 heteroatoms. The highest BCUT2D eigenvalue weighted by atomic mass is 19.4. The molecule has 2 aromatic carbocycles. The van der Waals surface area contributed by atoms with Gasteiger partial charge in [-0.25, -0.2) is 0 Å². The zero-order chi connectivity index (χ0) is 15.5. The molecule has 2 aromatic rings. The van der Waals surface area contributed by atoms with Crippen molar-refractivity contribution in [2.75, 3.05) is 7.11 Å². The third kappa shape index (κ3) is 3.81. The summed E-state index contributed by atoms with van der Waals surface area (Å²) >= 11 is 0. The molecule has 0 heterocycles. The summed E-state index contributed by atoms with van der Waals surface area (Å²) in [4.78, 5) is 0. The van der Waals surface area contributed by atoms with E-state index < -0.39 is 11.7 Å². The summed E-state index contributed by atoms with van der Waals surface area (Å²) in [7, 11) is 1.42. The van der Waals surface area contributed by atoms with Crippen LogP contribution in [0.3, 0.4) is 0 Å². The zero-order valence-electron chi connectivity index (χ0n) is 11.1. The Morgan fingerprint density at radius 1 is 1.10 bits per heavy atom. The van der Waals surface area contributed by atoms with E-state index in [1.807, 2.05) is 0 Å². The number of hydrogen-bond acceptors (Lipinski definition) is 3. The molecule has 0 aliphatic carbocycles. The molecule has 0 saturated heterocycles. The fraction of sp³-hybridized carbons (Fsp3) is 0.200. The van der Waals surface area contributed by atoms with Crippen LogP contribution in [0.1, 0.15) is 11.1 Å². The normalized spacial score (nSPS) is 11.2. The van der Waals surface area contributed by atoms with Gasteiger partial charge in [0.05, 0.1) is 12.7 Å². The fourth-order valence-corrected chi connectivity index (χ4v) is 1.75. The van der Waals surface area contributed by atoms with E-state index in [4.69, 9.17) is 9.47 Å². The number of methoxy groups -OCH3 is 1. The number of phenolic OH excluding ortho intramolecular Hbond substituents is 1. The molecule has 0 atom stereocenters. The van der Waals surface area contributed by atoms with Gasteiger partial charge in [0.2, 0.25) is 0 Å². The molecule has 0 aromatic heterocycles. The second-order valence-corrected chi connectivity index (χ2v) is 4.32. The highest BCUT2D eigenvalue weighted by Crippen LogP contribution is 2.32. The average molecular weight is 298 g/mol. The summed E-state index contributed by atoms with van der Waals surface area (Å²) < 4.78 is 47.9. The quantitative estimate of drug-likeness (QED) is 0.927. The third-order valence-electron chi connectivity index (χ3n) is 2.81. The van der Waals surface area contributed by atoms with Crippen molar-refractivity contribution in [2.45, 2.75) is 12.8 Å². The Bertz CT molecular complexity index is 624. The van der Waals surface area contributed by atoms with Crippen LogP contribution < -0.4 is 9.47 Å². The predicted octanol–water partition coefficient (Wildman–Crippen LogP) is 4.00. The Morgan fingerprint density at radius 3 is 2.48 bits per heavy atom. The molecule has 0 unspecified atom stereocenters. The van der Waals surface area contributed by atoms with Gasteiger partial charge in [-0.3, -0.25) is 0 Å². The van der Waals surface area contributed by atoms with Crippen LogP contribution in [0.5, 0.6) is 17.2 Å². The van der Waals surface area contributed by atoms with Gasteiger partial charge >= 0.3 is 6.18 Å². The van der Waals surface area contributed by atoms with Crippen LogP contribution in [0.4, 0.5) is 13.2 Å². The minimum Gasteiger partial charge on any atom is -0.504 e. The standard InChI is InChI=1S/C15H13F3O3/c1-20-14-6-5-10(7-13(14)19)9-21-12-4-2-3-11(8-12)15(16,17)18/h2-8,19H,9H2,1H3. The van der Waals surface area contributed by atoms with Crippen molar-refractivity contribution < 1.29 is 27.8 Å². The molecule has 0 radical (unpaired) electrons. The van der Waals surface area contributed by atoms with Gasteiger partial charge in [-0.2, -0.15) is 13.2 Å². The first-order chi connectivity index (χ1) is 9.90. The number of benzene rings is 2. The molecule has 0 saturated carbocycles. The first-order valence-electron chi connectivity index (χ1n) is 6.06. The second-order valence-electron chi connectivity index (χ2n) is 4.32. The number of alkyl halides is 3. The minimum atomic E-state index is -4.41. The average Bonchev–Trinajstić information content (AvgIpc) is 2.45. The van der Waals surface area contributed by atoms with E-state index in [1.54, 1.807) is 12.1 Å². The maximum Gasteiger partial charge on any atom is 0.416 e. The summed E-state index contributed by atoms with van der Waals surface area (Å²) in [6.45, 7) is 0.0405. The molecule has 0 spiro atoms. The fourth-order valence-electron chi connectivity index (χ4n) is 1.75. The topological polar surface area (TPSA) is 38.7 Å². The summed E-state index contributed by atoms with van der Waals surface area (Å²) in [5.74, 6) is 0.376. The van der Waals surface area contributed by atoms with Crippen LogP contribution in [-0.2, 0) is 12.8 Å². The molecule has 0 aliphatic rings. The SMILES string of the molecule is COc1ccc(COc2cccc(C(F)(F)F)c2)cc1O. The lowest BCUT2D eigenvalue weighted by Gasteiger charge is -2.11. The minimum absolute atomic E-state index is 0.0405. The highest BCUT2D eigenvalue weighted by molar-refractivity contribution is 5.41. The van der Waals surface area contributed by atoms with Crippen molar-refractivity contribution in [2.24, 2.45) is 0 Å². The molecule has 0 aliphatic heterocycles. The Labute approximate surface area is 119 Å². The molecule has 0 bridgehead atoms. The lowest BCUT2D eigenvalue weighted by molar-refractivity contribution is -0.137. The molecule has 0 fully saturated rings. The van der Waals surface area contributed by atoms with E-state index in [0.29, 0.717) is 11.3 Å². The second kappa shape index (κ2) is 5.95. The molecular formula is C15H13F3O3. The Kier molecular flexibility index (Phi) is 4.26. The third-order valence-corrected chi connectivity index (χ3v) is 2.81. The molecule has 3 nitrogen and oxygen atoms in total. The van der Waals surface area contributed by atoms with Crippen molar-refractivity contribution >= 4 is 0 Å². The summed E-state index contributed by atoms with van der Waals surface area (Å²) in [6, 6.07) is 9.29. The van der Waals surface area contributed by atoms with Crippen LogP contribution in [-0.4, -0.2) is 12.2 Å². The molecule has 21 heavy (non-hydrogen) atoms. The van der Waals surface area contributed by atoms with Crippen LogP contribution in [0, 0.1) is 0 Å². The predicted molar refractivity (Wildman–Crippen MR) is 70.4 cm³/mol. The highest BCUT2D eigenvalue weighted by Gasteiger charge is 2.30.